The number of amides is 1. The molecule has 0 saturated carbocycles. The zero-order chi connectivity index (χ0) is 12.0. The van der Waals surface area contributed by atoms with E-state index in [2.05, 4.69) is 15.3 Å². The van der Waals surface area contributed by atoms with Crippen molar-refractivity contribution < 1.29 is 4.79 Å². The van der Waals surface area contributed by atoms with Crippen molar-refractivity contribution in [1.29, 1.82) is 5.26 Å². The quantitative estimate of drug-likeness (QED) is 0.772. The van der Waals surface area contributed by atoms with E-state index < -0.39 is 5.92 Å². The van der Waals surface area contributed by atoms with Crippen molar-refractivity contribution in [1.82, 2.24) is 15.3 Å². The molecule has 86 valence electrons. The predicted molar refractivity (Wildman–Crippen MR) is 59.2 cm³/mol. The molecule has 0 bridgehead atoms. The summed E-state index contributed by atoms with van der Waals surface area (Å²) in [6.45, 7) is 4.25. The molecule has 0 aliphatic heterocycles. The number of nitriles is 1. The first kappa shape index (κ1) is 12.2. The van der Waals surface area contributed by atoms with Gasteiger partial charge in [0.15, 0.2) is 0 Å². The minimum Gasteiger partial charge on any atom is -0.355 e. The van der Waals surface area contributed by atoms with Crippen LogP contribution >= 0.6 is 0 Å². The van der Waals surface area contributed by atoms with Crippen LogP contribution in [0.5, 0.6) is 0 Å². The number of imidazole rings is 1. The van der Waals surface area contributed by atoms with E-state index in [9.17, 15) is 4.79 Å². The molecule has 1 aromatic rings. The highest BCUT2D eigenvalue weighted by atomic mass is 16.1. The van der Waals surface area contributed by atoms with Gasteiger partial charge in [0.05, 0.1) is 12.4 Å². The van der Waals surface area contributed by atoms with Crippen LogP contribution in [0.2, 0.25) is 0 Å². The molecule has 1 aromatic heterocycles. The molecule has 1 atom stereocenters. The van der Waals surface area contributed by atoms with Crippen LogP contribution in [0, 0.1) is 23.2 Å². The molecule has 5 nitrogen and oxygen atoms in total. The molecule has 1 rings (SSSR count). The number of carbonyl (C=O) groups excluding carboxylic acids is 1. The maximum atomic E-state index is 11.6. The Morgan fingerprint density at radius 1 is 1.69 bits per heavy atom. The summed E-state index contributed by atoms with van der Waals surface area (Å²) in [4.78, 5) is 18.4. The van der Waals surface area contributed by atoms with Crippen LogP contribution in [0.1, 0.15) is 19.5 Å². The van der Waals surface area contributed by atoms with Crippen LogP contribution in [-0.4, -0.2) is 22.4 Å². The van der Waals surface area contributed by atoms with Gasteiger partial charge >= 0.3 is 0 Å². The lowest BCUT2D eigenvalue weighted by Gasteiger charge is -2.12. The summed E-state index contributed by atoms with van der Waals surface area (Å²) in [5.41, 5.74) is 0.971. The minimum atomic E-state index is -0.568. The second kappa shape index (κ2) is 5.91. The van der Waals surface area contributed by atoms with E-state index in [0.717, 1.165) is 5.69 Å². The number of H-pyrrole nitrogens is 1. The Labute approximate surface area is 94.9 Å². The smallest absolute Gasteiger partial charge is 0.237 e. The maximum absolute atomic E-state index is 11.6. The fourth-order valence-electron chi connectivity index (χ4n) is 1.36. The Bertz CT molecular complexity index is 364. The highest BCUT2D eigenvalue weighted by Crippen LogP contribution is 2.09. The van der Waals surface area contributed by atoms with Crippen molar-refractivity contribution in [2.45, 2.75) is 20.3 Å². The summed E-state index contributed by atoms with van der Waals surface area (Å²) < 4.78 is 0. The van der Waals surface area contributed by atoms with Crippen LogP contribution in [0.25, 0.3) is 0 Å². The van der Waals surface area contributed by atoms with Crippen molar-refractivity contribution in [3.8, 4) is 6.07 Å². The first-order valence-electron chi connectivity index (χ1n) is 5.29. The fourth-order valence-corrected chi connectivity index (χ4v) is 1.36. The Morgan fingerprint density at radius 2 is 2.44 bits per heavy atom. The van der Waals surface area contributed by atoms with E-state index >= 15 is 0 Å². The van der Waals surface area contributed by atoms with E-state index in [1.54, 1.807) is 12.5 Å². The van der Waals surface area contributed by atoms with Crippen molar-refractivity contribution in [3.05, 3.63) is 18.2 Å². The molecule has 5 heteroatoms. The highest BCUT2D eigenvalue weighted by molar-refractivity contribution is 5.81. The SMILES string of the molecule is CC(C)C(C#N)C(=O)NCCc1cnc[nH]1. The minimum absolute atomic E-state index is 0.0390. The average molecular weight is 220 g/mol. The first-order chi connectivity index (χ1) is 7.65. The van der Waals surface area contributed by atoms with E-state index in [0.29, 0.717) is 13.0 Å². The molecule has 16 heavy (non-hydrogen) atoms. The summed E-state index contributed by atoms with van der Waals surface area (Å²) in [6, 6.07) is 2.01. The number of aromatic nitrogens is 2. The molecular formula is C11H16N4O. The second-order valence-corrected chi connectivity index (χ2v) is 3.97. The third-order valence-corrected chi connectivity index (χ3v) is 2.34. The van der Waals surface area contributed by atoms with Crippen molar-refractivity contribution >= 4 is 5.91 Å². The Balaban J connectivity index is 2.33. The maximum Gasteiger partial charge on any atom is 0.237 e. The molecule has 0 saturated heterocycles. The topological polar surface area (TPSA) is 81.6 Å². The summed E-state index contributed by atoms with van der Waals surface area (Å²) in [5.74, 6) is -0.726. The normalized spacial score (nSPS) is 12.1. The third kappa shape index (κ3) is 3.39. The third-order valence-electron chi connectivity index (χ3n) is 2.34. The molecule has 0 aliphatic rings. The standard InChI is InChI=1S/C11H16N4O/c1-8(2)10(5-12)11(16)14-4-3-9-6-13-7-15-9/h6-8,10H,3-4H2,1-2H3,(H,13,15)(H,14,16). The summed E-state index contributed by atoms with van der Waals surface area (Å²) >= 11 is 0. The number of carbonyl (C=O) groups is 1. The number of nitrogens with one attached hydrogen (secondary N) is 2. The van der Waals surface area contributed by atoms with Gasteiger partial charge in [-0.25, -0.2) is 4.98 Å². The lowest BCUT2D eigenvalue weighted by molar-refractivity contribution is -0.124. The van der Waals surface area contributed by atoms with Crippen LogP contribution in [0.3, 0.4) is 0 Å². The summed E-state index contributed by atoms with van der Waals surface area (Å²) in [6.07, 6.45) is 4.02. The number of hydrogen-bond donors (Lipinski definition) is 2. The molecule has 0 fully saturated rings. The molecule has 2 N–H and O–H groups in total. The van der Waals surface area contributed by atoms with Gasteiger partial charge in [-0.05, 0) is 5.92 Å². The van der Waals surface area contributed by atoms with E-state index in [1.807, 2.05) is 19.9 Å². The zero-order valence-corrected chi connectivity index (χ0v) is 9.53. The predicted octanol–water partition coefficient (Wildman–Crippen LogP) is 0.864. The number of hydrogen-bond acceptors (Lipinski definition) is 3. The molecule has 0 radical (unpaired) electrons. The van der Waals surface area contributed by atoms with Crippen LogP contribution in [0.4, 0.5) is 0 Å². The van der Waals surface area contributed by atoms with Gasteiger partial charge < -0.3 is 10.3 Å². The lowest BCUT2D eigenvalue weighted by Crippen LogP contribution is -2.34. The number of nitrogens with zero attached hydrogens (tertiary/aromatic N) is 2. The van der Waals surface area contributed by atoms with Gasteiger partial charge in [0.1, 0.15) is 5.92 Å². The molecule has 1 unspecified atom stereocenters. The van der Waals surface area contributed by atoms with Crippen molar-refractivity contribution in [3.63, 3.8) is 0 Å². The molecule has 0 aliphatic carbocycles. The van der Waals surface area contributed by atoms with Crippen molar-refractivity contribution in [2.75, 3.05) is 6.54 Å². The van der Waals surface area contributed by atoms with E-state index in [-0.39, 0.29) is 11.8 Å². The largest absolute Gasteiger partial charge is 0.355 e. The summed E-state index contributed by atoms with van der Waals surface area (Å²) in [7, 11) is 0. The van der Waals surface area contributed by atoms with Crippen molar-refractivity contribution in [2.24, 2.45) is 11.8 Å². The van der Waals surface area contributed by atoms with Gasteiger partial charge in [-0.1, -0.05) is 13.8 Å². The van der Waals surface area contributed by atoms with E-state index in [1.165, 1.54) is 0 Å². The van der Waals surface area contributed by atoms with Gasteiger partial charge in [0.25, 0.3) is 0 Å². The Morgan fingerprint density at radius 3 is 2.94 bits per heavy atom. The van der Waals surface area contributed by atoms with Gasteiger partial charge in [-0.15, -0.1) is 0 Å². The first-order valence-corrected chi connectivity index (χ1v) is 5.29. The van der Waals surface area contributed by atoms with Crippen LogP contribution in [-0.2, 0) is 11.2 Å². The van der Waals surface area contributed by atoms with E-state index in [4.69, 9.17) is 5.26 Å². The Kier molecular flexibility index (Phi) is 4.52. The molecule has 0 aromatic carbocycles. The van der Waals surface area contributed by atoms with Gasteiger partial charge in [0.2, 0.25) is 5.91 Å². The van der Waals surface area contributed by atoms with Gasteiger partial charge in [-0.2, -0.15) is 5.26 Å². The molecule has 1 heterocycles. The fraction of sp³-hybridized carbons (Fsp3) is 0.545. The van der Waals surface area contributed by atoms with Gasteiger partial charge in [-0.3, -0.25) is 4.79 Å². The summed E-state index contributed by atoms with van der Waals surface area (Å²) in [5, 5.41) is 11.6. The molecular weight excluding hydrogens is 204 g/mol. The van der Waals surface area contributed by atoms with Crippen LogP contribution in [0.15, 0.2) is 12.5 Å². The molecule has 1 amide bonds. The molecule has 0 spiro atoms. The second-order valence-electron chi connectivity index (χ2n) is 3.97. The Hall–Kier alpha value is -1.83. The zero-order valence-electron chi connectivity index (χ0n) is 9.53. The highest BCUT2D eigenvalue weighted by Gasteiger charge is 2.20. The number of aromatic amines is 1. The average Bonchev–Trinajstić information content (AvgIpc) is 2.71. The lowest BCUT2D eigenvalue weighted by atomic mass is 9.97. The van der Waals surface area contributed by atoms with Crippen LogP contribution < -0.4 is 5.32 Å². The monoisotopic (exact) mass is 220 g/mol. The number of rotatable bonds is 5. The van der Waals surface area contributed by atoms with Gasteiger partial charge in [0, 0.05) is 24.9 Å².